The maximum atomic E-state index is 12.9. The van der Waals surface area contributed by atoms with Gasteiger partial charge >= 0.3 is 12.5 Å². The van der Waals surface area contributed by atoms with Gasteiger partial charge in [0.15, 0.2) is 0 Å². The molecule has 1 aliphatic rings. The molecule has 3 aromatic rings. The summed E-state index contributed by atoms with van der Waals surface area (Å²) in [6.45, 7) is 0.197. The Bertz CT molecular complexity index is 1240. The van der Waals surface area contributed by atoms with E-state index >= 15 is 0 Å². The second kappa shape index (κ2) is 7.67. The van der Waals surface area contributed by atoms with Crippen molar-refractivity contribution < 1.29 is 41.0 Å². The zero-order valence-corrected chi connectivity index (χ0v) is 16.7. The minimum Gasteiger partial charge on any atom is -0.508 e. The van der Waals surface area contributed by atoms with E-state index in [0.29, 0.717) is 10.2 Å². The Morgan fingerprint density at radius 3 is 2.52 bits per heavy atom. The van der Waals surface area contributed by atoms with Crippen molar-refractivity contribution in [3.8, 4) is 22.8 Å². The summed E-state index contributed by atoms with van der Waals surface area (Å²) in [6.07, 6.45) is -7.23. The molecule has 13 heteroatoms. The minimum absolute atomic E-state index is 0.0781. The Morgan fingerprint density at radius 1 is 1.12 bits per heavy atom. The molecular weight excluding hydrogens is 458 g/mol. The number of nitrogens with zero attached hydrogens (tertiary/aromatic N) is 4. The van der Waals surface area contributed by atoms with Crippen molar-refractivity contribution in [3.63, 3.8) is 0 Å². The number of phenolic OH excluding ortho intramolecular Hbond substituents is 1. The highest BCUT2D eigenvalue weighted by Gasteiger charge is 2.34. The molecule has 7 nitrogen and oxygen atoms in total. The molecule has 1 amide bonds. The molecule has 0 aliphatic carbocycles. The molecule has 0 unspecified atom stereocenters. The molecular formula is C20H14F6N4O3. The van der Waals surface area contributed by atoms with Gasteiger partial charge in [-0.3, -0.25) is 19.4 Å². The van der Waals surface area contributed by atoms with Gasteiger partial charge < -0.3 is 9.84 Å². The van der Waals surface area contributed by atoms with Crippen molar-refractivity contribution in [2.24, 2.45) is 0 Å². The van der Waals surface area contributed by atoms with Crippen molar-refractivity contribution in [2.45, 2.75) is 32.6 Å². The summed E-state index contributed by atoms with van der Waals surface area (Å²) in [4.78, 5) is 18.4. The number of alkyl halides is 6. The van der Waals surface area contributed by atoms with Crippen molar-refractivity contribution in [2.75, 3.05) is 4.90 Å². The molecule has 0 bridgehead atoms. The number of aromatic nitrogens is 3. The zero-order valence-electron chi connectivity index (χ0n) is 16.7. The molecule has 0 spiro atoms. The molecule has 0 fully saturated rings. The number of carbonyl (C=O) groups excluding carboxylic acids is 1. The number of aromatic hydroxyl groups is 1. The third-order valence-electron chi connectivity index (χ3n) is 4.75. The summed E-state index contributed by atoms with van der Waals surface area (Å²) in [6, 6.07) is 4.48. The van der Waals surface area contributed by atoms with Crippen LogP contribution in [0.5, 0.6) is 11.5 Å². The van der Waals surface area contributed by atoms with Gasteiger partial charge in [-0.1, -0.05) is 0 Å². The topological polar surface area (TPSA) is 80.5 Å². The van der Waals surface area contributed by atoms with E-state index in [1.165, 1.54) is 17.0 Å². The normalized spacial score (nSPS) is 14.0. The molecule has 4 rings (SSSR count). The average Bonchev–Trinajstić information content (AvgIpc) is 3.22. The lowest BCUT2D eigenvalue weighted by atomic mass is 10.0. The summed E-state index contributed by atoms with van der Waals surface area (Å²) in [5, 5.41) is 13.4. The van der Waals surface area contributed by atoms with Crippen LogP contribution in [0.4, 0.5) is 32.0 Å². The summed E-state index contributed by atoms with van der Waals surface area (Å²) >= 11 is 0. The Balaban J connectivity index is 1.65. The number of phenols is 1. The van der Waals surface area contributed by atoms with E-state index in [9.17, 15) is 36.2 Å². The SMILES string of the molecule is Cc1cc(-c2cc(O)cc(OC(F)(F)F)c2)nc2c1C(=O)N(c1cnn(CC(F)(F)F)c1)C2. The van der Waals surface area contributed by atoms with Gasteiger partial charge in [0.05, 0.1) is 35.4 Å². The largest absolute Gasteiger partial charge is 0.573 e. The Labute approximate surface area is 181 Å². The van der Waals surface area contributed by atoms with Crippen LogP contribution in [0.2, 0.25) is 0 Å². The van der Waals surface area contributed by atoms with Crippen LogP contribution >= 0.6 is 0 Å². The van der Waals surface area contributed by atoms with Gasteiger partial charge in [0, 0.05) is 17.8 Å². The van der Waals surface area contributed by atoms with Crippen LogP contribution in [0.1, 0.15) is 21.6 Å². The first-order valence-electron chi connectivity index (χ1n) is 9.31. The molecule has 1 aromatic carbocycles. The van der Waals surface area contributed by atoms with Crippen molar-refractivity contribution in [1.82, 2.24) is 14.8 Å². The standard InChI is InChI=1S/C20H14F6N4O3/c1-10-2-15(11-3-13(31)5-14(4-11)33-20(24,25)26)28-16-8-30(18(32)17(10)16)12-6-27-29(7-12)9-19(21,22)23/h2-7,31H,8-9H2,1H3. The number of benzene rings is 1. The second-order valence-electron chi connectivity index (χ2n) is 7.31. The van der Waals surface area contributed by atoms with Gasteiger partial charge in [-0.15, -0.1) is 13.2 Å². The molecule has 0 saturated heterocycles. The molecule has 0 saturated carbocycles. The number of hydrogen-bond acceptors (Lipinski definition) is 5. The van der Waals surface area contributed by atoms with E-state index in [4.69, 9.17) is 0 Å². The highest BCUT2D eigenvalue weighted by Crippen LogP contribution is 2.35. The maximum Gasteiger partial charge on any atom is 0.573 e. The fourth-order valence-electron chi connectivity index (χ4n) is 3.54. The highest BCUT2D eigenvalue weighted by atomic mass is 19.4. The van der Waals surface area contributed by atoms with E-state index in [-0.39, 0.29) is 34.7 Å². The van der Waals surface area contributed by atoms with Crippen molar-refractivity contribution in [1.29, 1.82) is 0 Å². The first-order valence-corrected chi connectivity index (χ1v) is 9.31. The number of ether oxygens (including phenoxy) is 1. The predicted octanol–water partition coefficient (Wildman–Crippen LogP) is 4.58. The molecule has 0 atom stereocenters. The number of amides is 1. The Hall–Kier alpha value is -3.77. The number of aryl methyl sites for hydroxylation is 1. The predicted molar refractivity (Wildman–Crippen MR) is 102 cm³/mol. The van der Waals surface area contributed by atoms with Gasteiger partial charge in [-0.25, -0.2) is 0 Å². The number of halogens is 6. The number of fused-ring (bicyclic) bond motifs is 1. The van der Waals surface area contributed by atoms with Crippen molar-refractivity contribution >= 4 is 11.6 Å². The quantitative estimate of drug-likeness (QED) is 0.563. The van der Waals surface area contributed by atoms with E-state index in [0.717, 1.165) is 24.5 Å². The number of rotatable bonds is 4. The third kappa shape index (κ3) is 4.86. The van der Waals surface area contributed by atoms with Crippen LogP contribution in [0.15, 0.2) is 36.7 Å². The molecule has 0 radical (unpaired) electrons. The first kappa shape index (κ1) is 22.4. The van der Waals surface area contributed by atoms with Crippen LogP contribution in [-0.2, 0) is 13.1 Å². The van der Waals surface area contributed by atoms with Crippen LogP contribution in [0.25, 0.3) is 11.3 Å². The van der Waals surface area contributed by atoms with Crippen LogP contribution in [-0.4, -0.2) is 38.3 Å². The highest BCUT2D eigenvalue weighted by molar-refractivity contribution is 6.10. The number of anilines is 1. The summed E-state index contributed by atoms with van der Waals surface area (Å²) < 4.78 is 80.0. The minimum atomic E-state index is -4.96. The van der Waals surface area contributed by atoms with Crippen LogP contribution in [0.3, 0.4) is 0 Å². The van der Waals surface area contributed by atoms with Gasteiger partial charge in [-0.2, -0.15) is 18.3 Å². The molecule has 1 N–H and O–H groups in total. The lowest BCUT2D eigenvalue weighted by molar-refractivity contribution is -0.274. The van der Waals surface area contributed by atoms with E-state index in [2.05, 4.69) is 14.8 Å². The molecule has 1 aliphatic heterocycles. The maximum absolute atomic E-state index is 12.9. The summed E-state index contributed by atoms with van der Waals surface area (Å²) in [5.74, 6) is -1.63. The molecule has 2 aromatic heterocycles. The van der Waals surface area contributed by atoms with Gasteiger partial charge in [0.25, 0.3) is 5.91 Å². The van der Waals surface area contributed by atoms with Crippen molar-refractivity contribution in [3.05, 3.63) is 53.5 Å². The monoisotopic (exact) mass is 472 g/mol. The number of hydrogen-bond donors (Lipinski definition) is 1. The summed E-state index contributed by atoms with van der Waals surface area (Å²) in [7, 11) is 0. The fraction of sp³-hybridized carbons (Fsp3) is 0.250. The fourth-order valence-corrected chi connectivity index (χ4v) is 3.54. The van der Waals surface area contributed by atoms with Gasteiger partial charge in [0.2, 0.25) is 0 Å². The molecule has 174 valence electrons. The molecule has 3 heterocycles. The van der Waals surface area contributed by atoms with E-state index < -0.39 is 36.5 Å². The average molecular weight is 472 g/mol. The van der Waals surface area contributed by atoms with Gasteiger partial charge in [-0.05, 0) is 30.7 Å². The molecule has 33 heavy (non-hydrogen) atoms. The first-order chi connectivity index (χ1) is 15.3. The second-order valence-corrected chi connectivity index (χ2v) is 7.31. The van der Waals surface area contributed by atoms with Crippen LogP contribution in [0, 0.1) is 6.92 Å². The third-order valence-corrected chi connectivity index (χ3v) is 4.75. The number of carbonyl (C=O) groups is 1. The Kier molecular flexibility index (Phi) is 5.21. The van der Waals surface area contributed by atoms with Crippen LogP contribution < -0.4 is 9.64 Å². The van der Waals surface area contributed by atoms with E-state index in [1.54, 1.807) is 6.92 Å². The van der Waals surface area contributed by atoms with Gasteiger partial charge in [0.1, 0.15) is 18.0 Å². The number of pyridine rings is 1. The smallest absolute Gasteiger partial charge is 0.508 e. The van der Waals surface area contributed by atoms with E-state index in [1.807, 2.05) is 0 Å². The summed E-state index contributed by atoms with van der Waals surface area (Å²) in [5.41, 5.74) is 1.39. The Morgan fingerprint density at radius 2 is 1.85 bits per heavy atom. The lowest BCUT2D eigenvalue weighted by Crippen LogP contribution is -2.23. The zero-order chi connectivity index (χ0) is 24.1. The lowest BCUT2D eigenvalue weighted by Gasteiger charge is -2.12.